The van der Waals surface area contributed by atoms with Crippen LogP contribution in [0.1, 0.15) is 17.3 Å². The van der Waals surface area contributed by atoms with Gasteiger partial charge in [-0.15, -0.1) is 0 Å². The number of carbonyl (C=O) groups is 1. The number of halogens is 3. The number of hydrogen-bond acceptors (Lipinski definition) is 3. The van der Waals surface area contributed by atoms with Crippen molar-refractivity contribution >= 4 is 17.3 Å². The van der Waals surface area contributed by atoms with Gasteiger partial charge >= 0.3 is 12.1 Å². The lowest BCUT2D eigenvalue weighted by Gasteiger charge is -2.25. The summed E-state index contributed by atoms with van der Waals surface area (Å²) in [7, 11) is 0. The zero-order valence-corrected chi connectivity index (χ0v) is 9.66. The summed E-state index contributed by atoms with van der Waals surface area (Å²) in [5.41, 5.74) is 5.72. The number of nitrogens with two attached hydrogens (primary N) is 1. The van der Waals surface area contributed by atoms with Crippen LogP contribution >= 0.6 is 0 Å². The van der Waals surface area contributed by atoms with Crippen LogP contribution in [0.3, 0.4) is 0 Å². The molecule has 1 aromatic carbocycles. The lowest BCUT2D eigenvalue weighted by atomic mass is 10.1. The molecule has 0 fully saturated rings. The molecule has 0 aliphatic rings. The number of alkyl halides is 3. The second-order valence-electron chi connectivity index (χ2n) is 3.71. The number of benzene rings is 1. The zero-order valence-electron chi connectivity index (χ0n) is 9.66. The van der Waals surface area contributed by atoms with E-state index in [0.717, 1.165) is 11.0 Å². The largest absolute Gasteiger partial charge is 0.478 e. The fourth-order valence-corrected chi connectivity index (χ4v) is 1.56. The fraction of sp³-hybridized carbons (Fsp3) is 0.364. The summed E-state index contributed by atoms with van der Waals surface area (Å²) in [5.74, 6) is -1.17. The molecule has 0 spiro atoms. The monoisotopic (exact) mass is 262 g/mol. The van der Waals surface area contributed by atoms with E-state index in [-0.39, 0.29) is 23.5 Å². The Bertz CT molecular complexity index is 446. The molecule has 100 valence electrons. The first-order valence-corrected chi connectivity index (χ1v) is 5.19. The van der Waals surface area contributed by atoms with Crippen molar-refractivity contribution in [1.29, 1.82) is 0 Å². The van der Waals surface area contributed by atoms with Crippen LogP contribution in [0, 0.1) is 0 Å². The highest BCUT2D eigenvalue weighted by atomic mass is 19.4. The molecule has 0 aliphatic carbocycles. The maximum atomic E-state index is 12.3. The molecule has 0 saturated carbocycles. The van der Waals surface area contributed by atoms with E-state index in [1.54, 1.807) is 6.92 Å². The van der Waals surface area contributed by atoms with E-state index < -0.39 is 18.7 Å². The maximum Gasteiger partial charge on any atom is 0.405 e. The van der Waals surface area contributed by atoms with E-state index in [4.69, 9.17) is 10.8 Å². The molecule has 0 unspecified atom stereocenters. The SMILES string of the molecule is CCN(CC(F)(F)F)c1ccc(C(=O)O)cc1N. The number of nitrogens with zero attached hydrogens (tertiary/aromatic N) is 1. The van der Waals surface area contributed by atoms with Gasteiger partial charge in [0.05, 0.1) is 16.9 Å². The number of nitrogen functional groups attached to an aromatic ring is 1. The van der Waals surface area contributed by atoms with Crippen molar-refractivity contribution in [3.8, 4) is 0 Å². The van der Waals surface area contributed by atoms with Crippen molar-refractivity contribution in [1.82, 2.24) is 0 Å². The fourth-order valence-electron chi connectivity index (χ4n) is 1.56. The van der Waals surface area contributed by atoms with Gasteiger partial charge in [0.2, 0.25) is 0 Å². The molecule has 0 bridgehead atoms. The van der Waals surface area contributed by atoms with Gasteiger partial charge in [0, 0.05) is 6.54 Å². The molecular formula is C11H13F3N2O2. The summed E-state index contributed by atoms with van der Waals surface area (Å²) in [6.07, 6.45) is -4.34. The number of carboxylic acid groups (broad SMARTS) is 1. The minimum atomic E-state index is -4.34. The number of carboxylic acids is 1. The van der Waals surface area contributed by atoms with E-state index >= 15 is 0 Å². The Kier molecular flexibility index (Phi) is 4.05. The Hall–Kier alpha value is -1.92. The van der Waals surface area contributed by atoms with E-state index in [1.807, 2.05) is 0 Å². The summed E-state index contributed by atoms with van der Waals surface area (Å²) in [5, 5.41) is 8.73. The normalized spacial score (nSPS) is 11.3. The molecule has 1 rings (SSSR count). The molecule has 0 atom stereocenters. The van der Waals surface area contributed by atoms with Crippen LogP contribution in [0.5, 0.6) is 0 Å². The van der Waals surface area contributed by atoms with Crippen molar-refractivity contribution in [2.45, 2.75) is 13.1 Å². The molecule has 0 heterocycles. The van der Waals surface area contributed by atoms with Gasteiger partial charge in [0.25, 0.3) is 0 Å². The van der Waals surface area contributed by atoms with E-state index in [1.165, 1.54) is 12.1 Å². The third-order valence-electron chi connectivity index (χ3n) is 2.37. The Balaban J connectivity index is 3.04. The minimum Gasteiger partial charge on any atom is -0.478 e. The van der Waals surface area contributed by atoms with Gasteiger partial charge in [-0.1, -0.05) is 0 Å². The first-order chi connectivity index (χ1) is 8.24. The minimum absolute atomic E-state index is 0.0148. The molecule has 0 saturated heterocycles. The van der Waals surface area contributed by atoms with Crippen LogP contribution in [0.15, 0.2) is 18.2 Å². The van der Waals surface area contributed by atoms with Crippen molar-refractivity contribution < 1.29 is 23.1 Å². The lowest BCUT2D eigenvalue weighted by Crippen LogP contribution is -2.34. The zero-order chi connectivity index (χ0) is 13.9. The smallest absolute Gasteiger partial charge is 0.405 e. The molecular weight excluding hydrogens is 249 g/mol. The Morgan fingerprint density at radius 1 is 1.44 bits per heavy atom. The topological polar surface area (TPSA) is 66.6 Å². The van der Waals surface area contributed by atoms with Crippen LogP contribution in [-0.2, 0) is 0 Å². The van der Waals surface area contributed by atoms with Crippen LogP contribution in [0.4, 0.5) is 24.5 Å². The molecule has 4 nitrogen and oxygen atoms in total. The van der Waals surface area contributed by atoms with Crippen LogP contribution in [-0.4, -0.2) is 30.3 Å². The molecule has 0 aromatic heterocycles. The maximum absolute atomic E-state index is 12.3. The van der Waals surface area contributed by atoms with E-state index in [2.05, 4.69) is 0 Å². The van der Waals surface area contributed by atoms with Crippen molar-refractivity contribution in [2.24, 2.45) is 0 Å². The van der Waals surface area contributed by atoms with Gasteiger partial charge in [-0.2, -0.15) is 13.2 Å². The van der Waals surface area contributed by atoms with Gasteiger partial charge in [0.15, 0.2) is 0 Å². The number of hydrogen-bond donors (Lipinski definition) is 2. The average molecular weight is 262 g/mol. The van der Waals surface area contributed by atoms with Crippen LogP contribution in [0.25, 0.3) is 0 Å². The van der Waals surface area contributed by atoms with Crippen LogP contribution in [0.2, 0.25) is 0 Å². The second kappa shape index (κ2) is 5.16. The number of rotatable bonds is 4. The molecule has 0 radical (unpaired) electrons. The summed E-state index contributed by atoms with van der Waals surface area (Å²) in [4.78, 5) is 11.7. The van der Waals surface area contributed by atoms with E-state index in [0.29, 0.717) is 0 Å². The molecule has 3 N–H and O–H groups in total. The number of aromatic carboxylic acids is 1. The van der Waals surface area contributed by atoms with Gasteiger partial charge in [0.1, 0.15) is 6.54 Å². The quantitative estimate of drug-likeness (QED) is 0.817. The summed E-state index contributed by atoms with van der Waals surface area (Å²) in [6.45, 7) is 0.562. The molecule has 18 heavy (non-hydrogen) atoms. The standard InChI is InChI=1S/C11H13F3N2O2/c1-2-16(6-11(12,13)14)9-4-3-7(10(17)18)5-8(9)15/h3-5H,2,6,15H2,1H3,(H,17,18). The van der Waals surface area contributed by atoms with Crippen molar-refractivity contribution in [3.63, 3.8) is 0 Å². The van der Waals surface area contributed by atoms with Gasteiger partial charge < -0.3 is 15.7 Å². The molecule has 1 aromatic rings. The summed E-state index contributed by atoms with van der Waals surface area (Å²) < 4.78 is 37.0. The van der Waals surface area contributed by atoms with Gasteiger partial charge in [-0.25, -0.2) is 4.79 Å². The summed E-state index contributed by atoms with van der Waals surface area (Å²) >= 11 is 0. The molecule has 7 heteroatoms. The molecule has 0 amide bonds. The predicted octanol–water partition coefficient (Wildman–Crippen LogP) is 2.36. The van der Waals surface area contributed by atoms with Gasteiger partial charge in [-0.05, 0) is 25.1 Å². The predicted molar refractivity (Wildman–Crippen MR) is 61.8 cm³/mol. The highest BCUT2D eigenvalue weighted by Crippen LogP contribution is 2.27. The highest BCUT2D eigenvalue weighted by Gasteiger charge is 2.31. The third kappa shape index (κ3) is 3.54. The Morgan fingerprint density at radius 3 is 2.44 bits per heavy atom. The summed E-state index contributed by atoms with van der Waals surface area (Å²) in [6, 6.07) is 3.66. The van der Waals surface area contributed by atoms with Gasteiger partial charge in [-0.3, -0.25) is 0 Å². The van der Waals surface area contributed by atoms with Crippen molar-refractivity contribution in [3.05, 3.63) is 23.8 Å². The van der Waals surface area contributed by atoms with Crippen molar-refractivity contribution in [2.75, 3.05) is 23.7 Å². The average Bonchev–Trinajstić information content (AvgIpc) is 2.24. The van der Waals surface area contributed by atoms with E-state index in [9.17, 15) is 18.0 Å². The third-order valence-corrected chi connectivity index (χ3v) is 2.37. The second-order valence-corrected chi connectivity index (χ2v) is 3.71. The Labute approximate surface area is 102 Å². The Morgan fingerprint density at radius 2 is 2.06 bits per heavy atom. The molecule has 0 aliphatic heterocycles. The number of anilines is 2. The highest BCUT2D eigenvalue weighted by molar-refractivity contribution is 5.90. The first kappa shape index (κ1) is 14.1. The lowest BCUT2D eigenvalue weighted by molar-refractivity contribution is -0.119. The first-order valence-electron chi connectivity index (χ1n) is 5.19. The van der Waals surface area contributed by atoms with Crippen LogP contribution < -0.4 is 10.6 Å².